The van der Waals surface area contributed by atoms with E-state index in [2.05, 4.69) is 20.3 Å². The molecule has 0 spiro atoms. The minimum absolute atomic E-state index is 0.168. The monoisotopic (exact) mass is 450 g/mol. The van der Waals surface area contributed by atoms with Crippen molar-refractivity contribution in [2.24, 2.45) is 5.73 Å². The summed E-state index contributed by atoms with van der Waals surface area (Å²) in [4.78, 5) is 19.9. The first-order valence-corrected chi connectivity index (χ1v) is 9.82. The zero-order valence-electron chi connectivity index (χ0n) is 16.3. The van der Waals surface area contributed by atoms with E-state index in [4.69, 9.17) is 17.3 Å². The second kappa shape index (κ2) is 7.61. The Morgan fingerprint density at radius 3 is 2.72 bits per heavy atom. The first kappa shape index (κ1) is 20.0. The summed E-state index contributed by atoms with van der Waals surface area (Å²) in [6.45, 7) is -0.211. The number of carbonyl (C=O) groups is 1. The summed E-state index contributed by atoms with van der Waals surface area (Å²) >= 11 is 6.15. The van der Waals surface area contributed by atoms with E-state index in [1.54, 1.807) is 30.3 Å². The van der Waals surface area contributed by atoms with Crippen LogP contribution < -0.4 is 5.73 Å². The van der Waals surface area contributed by atoms with Crippen molar-refractivity contribution >= 4 is 39.6 Å². The molecule has 158 valence electrons. The van der Waals surface area contributed by atoms with E-state index in [1.165, 1.54) is 29.1 Å². The quantitative estimate of drug-likeness (QED) is 0.444. The third-order valence-electron chi connectivity index (χ3n) is 5.09. The molecule has 0 fully saturated rings. The van der Waals surface area contributed by atoms with Crippen molar-refractivity contribution in [2.45, 2.75) is 6.54 Å². The van der Waals surface area contributed by atoms with E-state index < -0.39 is 17.5 Å². The maximum atomic E-state index is 15.0. The van der Waals surface area contributed by atoms with Crippen LogP contribution in [0.25, 0.3) is 33.3 Å². The Bertz CT molecular complexity index is 1530. The lowest BCUT2D eigenvalue weighted by Crippen LogP contribution is -2.11. The molecule has 0 unspecified atom stereocenters. The molecule has 3 aromatic heterocycles. The number of pyridine rings is 2. The molecular formula is C22H13ClF2N6O. The minimum Gasteiger partial charge on any atom is -0.366 e. The number of hydrogen-bond donors (Lipinski definition) is 1. The van der Waals surface area contributed by atoms with Gasteiger partial charge in [-0.1, -0.05) is 22.9 Å². The molecule has 5 rings (SSSR count). The highest BCUT2D eigenvalue weighted by Crippen LogP contribution is 2.27. The van der Waals surface area contributed by atoms with Gasteiger partial charge in [-0.15, -0.1) is 5.10 Å². The normalized spacial score (nSPS) is 11.3. The van der Waals surface area contributed by atoms with Gasteiger partial charge < -0.3 is 5.73 Å². The second-order valence-electron chi connectivity index (χ2n) is 7.07. The van der Waals surface area contributed by atoms with Crippen LogP contribution in [0.2, 0.25) is 5.02 Å². The number of primary amides is 1. The van der Waals surface area contributed by atoms with Gasteiger partial charge in [0.25, 0.3) is 0 Å². The molecule has 0 radical (unpaired) electrons. The molecule has 0 aliphatic heterocycles. The summed E-state index contributed by atoms with van der Waals surface area (Å²) in [5, 5.41) is 8.45. The minimum atomic E-state index is -0.734. The van der Waals surface area contributed by atoms with Gasteiger partial charge in [-0.3, -0.25) is 9.78 Å². The molecule has 0 saturated heterocycles. The summed E-state index contributed by atoms with van der Waals surface area (Å²) in [6.07, 6.45) is 1.47. The number of halogens is 3. The Morgan fingerprint density at radius 1 is 1.09 bits per heavy atom. The summed E-state index contributed by atoms with van der Waals surface area (Å²) in [5.41, 5.74) is 7.48. The molecule has 3 heterocycles. The van der Waals surface area contributed by atoms with Crippen LogP contribution in [0.15, 0.2) is 54.7 Å². The van der Waals surface area contributed by atoms with Crippen molar-refractivity contribution in [3.05, 3.63) is 82.5 Å². The van der Waals surface area contributed by atoms with Crippen LogP contribution in [-0.2, 0) is 6.54 Å². The zero-order chi connectivity index (χ0) is 22.4. The highest BCUT2D eigenvalue weighted by atomic mass is 35.5. The first-order valence-electron chi connectivity index (χ1n) is 9.44. The van der Waals surface area contributed by atoms with Crippen LogP contribution in [0.5, 0.6) is 0 Å². The number of benzene rings is 2. The molecule has 32 heavy (non-hydrogen) atoms. The van der Waals surface area contributed by atoms with E-state index in [0.29, 0.717) is 22.4 Å². The fraction of sp³-hybridized carbons (Fsp3) is 0.0455. The molecule has 2 aromatic carbocycles. The van der Waals surface area contributed by atoms with Crippen LogP contribution in [0, 0.1) is 11.6 Å². The smallest absolute Gasteiger partial charge is 0.250 e. The van der Waals surface area contributed by atoms with Crippen LogP contribution in [-0.4, -0.2) is 30.9 Å². The van der Waals surface area contributed by atoms with Gasteiger partial charge in [0.05, 0.1) is 28.3 Å². The van der Waals surface area contributed by atoms with Gasteiger partial charge in [-0.25, -0.2) is 18.4 Å². The Hall–Kier alpha value is -3.98. The topological polar surface area (TPSA) is 99.6 Å². The molecule has 1 amide bonds. The number of rotatable bonds is 4. The maximum absolute atomic E-state index is 15.0. The van der Waals surface area contributed by atoms with Gasteiger partial charge in [0.2, 0.25) is 5.91 Å². The molecular weight excluding hydrogens is 438 g/mol. The van der Waals surface area contributed by atoms with Gasteiger partial charge in [-0.05, 0) is 36.4 Å². The second-order valence-corrected chi connectivity index (χ2v) is 7.47. The summed E-state index contributed by atoms with van der Waals surface area (Å²) in [5.74, 6) is -2.08. The summed E-state index contributed by atoms with van der Waals surface area (Å²) < 4.78 is 31.0. The molecule has 0 saturated carbocycles. The number of amides is 1. The van der Waals surface area contributed by atoms with E-state index in [9.17, 15) is 13.6 Å². The number of aromatic nitrogens is 5. The number of carbonyl (C=O) groups excluding carboxylic acids is 1. The zero-order valence-corrected chi connectivity index (χ0v) is 17.0. The fourth-order valence-corrected chi connectivity index (χ4v) is 3.76. The van der Waals surface area contributed by atoms with E-state index in [0.717, 1.165) is 0 Å². The molecule has 0 aliphatic carbocycles. The number of nitrogens with two attached hydrogens (primary N) is 1. The predicted molar refractivity (Wildman–Crippen MR) is 115 cm³/mol. The highest BCUT2D eigenvalue weighted by molar-refractivity contribution is 6.34. The van der Waals surface area contributed by atoms with Crippen LogP contribution >= 0.6 is 11.6 Å². The third kappa shape index (κ3) is 3.32. The van der Waals surface area contributed by atoms with Gasteiger partial charge in [0.15, 0.2) is 5.65 Å². The summed E-state index contributed by atoms with van der Waals surface area (Å²) in [6, 6.07) is 12.4. The molecule has 0 bridgehead atoms. The first-order chi connectivity index (χ1) is 15.4. The Balaban J connectivity index is 1.58. The molecule has 5 aromatic rings. The standard InChI is InChI=1S/C22H13ClF2N6O/c23-15-8-11(3-4-12(15)21(26)32)17-5-6-18-22(28-17)31(30-29-18)10-14-16(24)9-19-13(20(14)25)2-1-7-27-19/h1-9H,10H2,(H2,26,32). The SMILES string of the molecule is NC(=O)c1ccc(-c2ccc3nnn(Cc4c(F)cc5ncccc5c4F)c3n2)cc1Cl. The number of hydrogen-bond acceptors (Lipinski definition) is 5. The van der Waals surface area contributed by atoms with E-state index in [-0.39, 0.29) is 33.6 Å². The van der Waals surface area contributed by atoms with Crippen molar-refractivity contribution in [3.8, 4) is 11.3 Å². The molecule has 2 N–H and O–H groups in total. The van der Waals surface area contributed by atoms with Crippen LogP contribution in [0.3, 0.4) is 0 Å². The van der Waals surface area contributed by atoms with Crippen molar-refractivity contribution in [2.75, 3.05) is 0 Å². The van der Waals surface area contributed by atoms with E-state index >= 15 is 0 Å². The van der Waals surface area contributed by atoms with Crippen molar-refractivity contribution in [3.63, 3.8) is 0 Å². The number of nitrogens with zero attached hydrogens (tertiary/aromatic N) is 5. The predicted octanol–water partition coefficient (Wildman–Crippen LogP) is 4.12. The third-order valence-corrected chi connectivity index (χ3v) is 5.40. The summed E-state index contributed by atoms with van der Waals surface area (Å²) in [7, 11) is 0. The average Bonchev–Trinajstić information content (AvgIpc) is 3.18. The van der Waals surface area contributed by atoms with Gasteiger partial charge >= 0.3 is 0 Å². The maximum Gasteiger partial charge on any atom is 0.250 e. The van der Waals surface area contributed by atoms with Crippen LogP contribution in [0.4, 0.5) is 8.78 Å². The largest absolute Gasteiger partial charge is 0.366 e. The van der Waals surface area contributed by atoms with Gasteiger partial charge in [0.1, 0.15) is 17.2 Å². The fourth-order valence-electron chi connectivity index (χ4n) is 3.48. The lowest BCUT2D eigenvalue weighted by molar-refractivity contribution is 0.100. The Morgan fingerprint density at radius 2 is 1.94 bits per heavy atom. The van der Waals surface area contributed by atoms with Crippen LogP contribution in [0.1, 0.15) is 15.9 Å². The Labute approximate surface area is 184 Å². The lowest BCUT2D eigenvalue weighted by Gasteiger charge is -2.09. The number of fused-ring (bicyclic) bond motifs is 2. The highest BCUT2D eigenvalue weighted by Gasteiger charge is 2.18. The molecule has 0 atom stereocenters. The van der Waals surface area contributed by atoms with Crippen molar-refractivity contribution < 1.29 is 13.6 Å². The van der Waals surface area contributed by atoms with Gasteiger partial charge in [0, 0.05) is 28.8 Å². The molecule has 10 heteroatoms. The van der Waals surface area contributed by atoms with Crippen molar-refractivity contribution in [1.29, 1.82) is 0 Å². The van der Waals surface area contributed by atoms with E-state index in [1.807, 2.05) is 0 Å². The molecule has 0 aliphatic rings. The Kier molecular flexibility index (Phi) is 4.75. The van der Waals surface area contributed by atoms with Gasteiger partial charge in [-0.2, -0.15) is 0 Å². The lowest BCUT2D eigenvalue weighted by atomic mass is 10.1. The molecule has 7 nitrogen and oxygen atoms in total. The average molecular weight is 451 g/mol. The van der Waals surface area contributed by atoms with Crippen molar-refractivity contribution in [1.82, 2.24) is 25.0 Å².